The van der Waals surface area contributed by atoms with E-state index in [2.05, 4.69) is 16.0 Å². The van der Waals surface area contributed by atoms with Gasteiger partial charge in [-0.25, -0.2) is 13.1 Å². The Kier molecular flexibility index (Phi) is 5.40. The number of hydrogen-bond acceptors (Lipinski definition) is 3. The Hall–Kier alpha value is -1.51. The van der Waals surface area contributed by atoms with Crippen molar-refractivity contribution in [3.05, 3.63) is 24.3 Å². The highest BCUT2D eigenvalue weighted by molar-refractivity contribution is 7.89. The highest BCUT2D eigenvalue weighted by Gasteiger charge is 2.19. The van der Waals surface area contributed by atoms with Crippen LogP contribution < -0.4 is 10.0 Å². The minimum atomic E-state index is -3.51. The van der Waals surface area contributed by atoms with Gasteiger partial charge in [0.05, 0.1) is 5.69 Å². The van der Waals surface area contributed by atoms with Gasteiger partial charge in [0, 0.05) is 18.5 Å². The lowest BCUT2D eigenvalue weighted by atomic mass is 10.2. The van der Waals surface area contributed by atoms with Crippen LogP contribution in [0.2, 0.25) is 0 Å². The van der Waals surface area contributed by atoms with Crippen LogP contribution in [0.25, 0.3) is 0 Å². The van der Waals surface area contributed by atoms with Gasteiger partial charge in [0.15, 0.2) is 0 Å². The predicted molar refractivity (Wildman–Crippen MR) is 78.4 cm³/mol. The van der Waals surface area contributed by atoms with Crippen LogP contribution >= 0.6 is 0 Å². The molecule has 0 aliphatic rings. The third kappa shape index (κ3) is 4.58. The standard InChI is InChI=1S/C14H20N2O2S/c1-5-8-12(4)15-13-9-6-7-10-14(13)19(17,18)16-11(2)3/h1,6-7,9-12,15-16H,8H2,2-4H3. The molecule has 0 aliphatic carbocycles. The Morgan fingerprint density at radius 1 is 1.26 bits per heavy atom. The lowest BCUT2D eigenvalue weighted by Crippen LogP contribution is -2.31. The van der Waals surface area contributed by atoms with Crippen LogP contribution in [0, 0.1) is 12.3 Å². The topological polar surface area (TPSA) is 58.2 Å². The smallest absolute Gasteiger partial charge is 0.242 e. The molecule has 1 atom stereocenters. The largest absolute Gasteiger partial charge is 0.381 e. The first-order valence-corrected chi connectivity index (χ1v) is 7.66. The maximum Gasteiger partial charge on any atom is 0.242 e. The van der Waals surface area contributed by atoms with Gasteiger partial charge in [-0.3, -0.25) is 0 Å². The van der Waals surface area contributed by atoms with Gasteiger partial charge in [0.2, 0.25) is 10.0 Å². The van der Waals surface area contributed by atoms with Gasteiger partial charge in [0.25, 0.3) is 0 Å². The Balaban J connectivity index is 3.06. The molecule has 0 aromatic heterocycles. The van der Waals surface area contributed by atoms with Gasteiger partial charge in [-0.2, -0.15) is 0 Å². The predicted octanol–water partition coefficient (Wildman–Crippen LogP) is 2.20. The van der Waals surface area contributed by atoms with Crippen molar-refractivity contribution in [1.82, 2.24) is 4.72 Å². The summed E-state index contributed by atoms with van der Waals surface area (Å²) in [6, 6.07) is 6.67. The highest BCUT2D eigenvalue weighted by Crippen LogP contribution is 2.22. The molecule has 1 unspecified atom stereocenters. The molecular formula is C14H20N2O2S. The minimum absolute atomic E-state index is 0.0143. The molecule has 0 heterocycles. The molecule has 1 rings (SSSR count). The molecule has 104 valence electrons. The fourth-order valence-electron chi connectivity index (χ4n) is 1.69. The molecule has 0 fully saturated rings. The summed E-state index contributed by atoms with van der Waals surface area (Å²) in [4.78, 5) is 0.243. The second kappa shape index (κ2) is 6.60. The number of terminal acetylenes is 1. The van der Waals surface area contributed by atoms with E-state index in [-0.39, 0.29) is 17.0 Å². The SMILES string of the molecule is C#CCC(C)Nc1ccccc1S(=O)(=O)NC(C)C. The van der Waals surface area contributed by atoms with Crippen LogP contribution in [-0.2, 0) is 10.0 Å². The monoisotopic (exact) mass is 280 g/mol. The van der Waals surface area contributed by atoms with Crippen molar-refractivity contribution in [2.24, 2.45) is 0 Å². The van der Waals surface area contributed by atoms with Crippen molar-refractivity contribution in [2.75, 3.05) is 5.32 Å². The summed E-state index contributed by atoms with van der Waals surface area (Å²) < 4.78 is 27.0. The number of rotatable bonds is 6. The van der Waals surface area contributed by atoms with Crippen LogP contribution in [0.1, 0.15) is 27.2 Å². The zero-order valence-corrected chi connectivity index (χ0v) is 12.3. The summed E-state index contributed by atoms with van der Waals surface area (Å²) in [5, 5.41) is 3.13. The van der Waals surface area contributed by atoms with E-state index in [1.54, 1.807) is 38.1 Å². The molecule has 0 saturated carbocycles. The van der Waals surface area contributed by atoms with Crippen molar-refractivity contribution in [1.29, 1.82) is 0 Å². The van der Waals surface area contributed by atoms with E-state index >= 15 is 0 Å². The Labute approximate surface area is 115 Å². The second-order valence-electron chi connectivity index (χ2n) is 4.73. The zero-order chi connectivity index (χ0) is 14.5. The number of benzene rings is 1. The molecule has 0 amide bonds. The molecule has 19 heavy (non-hydrogen) atoms. The molecule has 1 aromatic rings. The maximum atomic E-state index is 12.2. The van der Waals surface area contributed by atoms with Gasteiger partial charge < -0.3 is 5.32 Å². The average molecular weight is 280 g/mol. The first-order chi connectivity index (χ1) is 8.86. The first-order valence-electron chi connectivity index (χ1n) is 6.18. The number of sulfonamides is 1. The zero-order valence-electron chi connectivity index (χ0n) is 11.5. The molecule has 1 aromatic carbocycles. The van der Waals surface area contributed by atoms with Crippen molar-refractivity contribution < 1.29 is 8.42 Å². The fourth-order valence-corrected chi connectivity index (χ4v) is 3.11. The fraction of sp³-hybridized carbons (Fsp3) is 0.429. The summed E-state index contributed by atoms with van der Waals surface area (Å²) in [5.74, 6) is 2.55. The second-order valence-corrected chi connectivity index (χ2v) is 6.41. The van der Waals surface area contributed by atoms with Gasteiger partial charge in [-0.05, 0) is 32.9 Å². The molecule has 0 spiro atoms. The van der Waals surface area contributed by atoms with Crippen molar-refractivity contribution in [3.63, 3.8) is 0 Å². The highest BCUT2D eigenvalue weighted by atomic mass is 32.2. The van der Waals surface area contributed by atoms with E-state index in [4.69, 9.17) is 6.42 Å². The van der Waals surface area contributed by atoms with Crippen molar-refractivity contribution >= 4 is 15.7 Å². The molecule has 0 radical (unpaired) electrons. The summed E-state index contributed by atoms with van der Waals surface area (Å²) >= 11 is 0. The molecule has 5 heteroatoms. The number of anilines is 1. The molecule has 0 saturated heterocycles. The van der Waals surface area contributed by atoms with E-state index < -0.39 is 10.0 Å². The first kappa shape index (κ1) is 15.5. The molecule has 0 bridgehead atoms. The summed E-state index contributed by atoms with van der Waals surface area (Å²) in [5.41, 5.74) is 0.568. The van der Waals surface area contributed by atoms with E-state index in [9.17, 15) is 8.42 Å². The lowest BCUT2D eigenvalue weighted by Gasteiger charge is -2.17. The van der Waals surface area contributed by atoms with Gasteiger partial charge in [0.1, 0.15) is 4.90 Å². The lowest BCUT2D eigenvalue weighted by molar-refractivity contribution is 0.570. The number of nitrogens with one attached hydrogen (secondary N) is 2. The van der Waals surface area contributed by atoms with Crippen LogP contribution in [0.4, 0.5) is 5.69 Å². The Morgan fingerprint density at radius 3 is 2.47 bits per heavy atom. The molecular weight excluding hydrogens is 260 g/mol. The third-order valence-corrected chi connectivity index (χ3v) is 4.11. The van der Waals surface area contributed by atoms with Crippen molar-refractivity contribution in [2.45, 2.75) is 44.2 Å². The molecule has 0 aliphatic heterocycles. The summed E-state index contributed by atoms with van der Waals surface area (Å²) in [7, 11) is -3.51. The van der Waals surface area contributed by atoms with Crippen LogP contribution in [0.3, 0.4) is 0 Å². The number of para-hydroxylation sites is 1. The normalized spacial score (nSPS) is 13.0. The summed E-state index contributed by atoms with van der Waals surface area (Å²) in [6.07, 6.45) is 5.79. The Morgan fingerprint density at radius 2 is 1.89 bits per heavy atom. The van der Waals surface area contributed by atoms with E-state index in [0.717, 1.165) is 0 Å². The van der Waals surface area contributed by atoms with Crippen LogP contribution in [-0.4, -0.2) is 20.5 Å². The van der Waals surface area contributed by atoms with E-state index in [1.165, 1.54) is 0 Å². The van der Waals surface area contributed by atoms with Crippen LogP contribution in [0.5, 0.6) is 0 Å². The quantitative estimate of drug-likeness (QED) is 0.785. The van der Waals surface area contributed by atoms with E-state index in [1.807, 2.05) is 6.92 Å². The van der Waals surface area contributed by atoms with E-state index in [0.29, 0.717) is 12.1 Å². The molecule has 4 nitrogen and oxygen atoms in total. The van der Waals surface area contributed by atoms with Crippen LogP contribution in [0.15, 0.2) is 29.2 Å². The minimum Gasteiger partial charge on any atom is -0.381 e. The average Bonchev–Trinajstić information content (AvgIpc) is 2.28. The van der Waals surface area contributed by atoms with Gasteiger partial charge >= 0.3 is 0 Å². The van der Waals surface area contributed by atoms with Crippen molar-refractivity contribution in [3.8, 4) is 12.3 Å². The third-order valence-electron chi connectivity index (χ3n) is 2.39. The number of hydrogen-bond donors (Lipinski definition) is 2. The molecule has 2 N–H and O–H groups in total. The maximum absolute atomic E-state index is 12.2. The van der Waals surface area contributed by atoms with Gasteiger partial charge in [-0.15, -0.1) is 12.3 Å². The Bertz CT molecular complexity index is 559. The summed E-state index contributed by atoms with van der Waals surface area (Å²) in [6.45, 7) is 5.49. The van der Waals surface area contributed by atoms with Gasteiger partial charge in [-0.1, -0.05) is 12.1 Å².